The molecule has 78 valence electrons. The Labute approximate surface area is 92.6 Å². The van der Waals surface area contributed by atoms with Crippen LogP contribution in [-0.2, 0) is 0 Å². The molecule has 1 heterocycles. The maximum absolute atomic E-state index is 10.8. The Kier molecular flexibility index (Phi) is 3.46. The van der Waals surface area contributed by atoms with Gasteiger partial charge >= 0.3 is 5.97 Å². The van der Waals surface area contributed by atoms with E-state index in [0.29, 0.717) is 0 Å². The van der Waals surface area contributed by atoms with Crippen molar-refractivity contribution >= 4 is 18.4 Å². The van der Waals surface area contributed by atoms with Gasteiger partial charge in [-0.3, -0.25) is 4.57 Å². The number of nitrogens with zero attached hydrogens (tertiary/aromatic N) is 2. The molecule has 0 saturated carbocycles. The van der Waals surface area contributed by atoms with Crippen molar-refractivity contribution < 1.29 is 9.90 Å². The Bertz CT molecular complexity index is 453. The highest BCUT2D eigenvalue weighted by atomic mass is 35.5. The van der Waals surface area contributed by atoms with Gasteiger partial charge in [-0.05, 0) is 12.1 Å². The molecular weight excluding hydrogens is 216 g/mol. The molecular formula is C10H9ClN2O2. The van der Waals surface area contributed by atoms with Crippen LogP contribution in [0.4, 0.5) is 0 Å². The van der Waals surface area contributed by atoms with Crippen LogP contribution in [0.25, 0.3) is 5.69 Å². The first-order valence-corrected chi connectivity index (χ1v) is 4.10. The largest absolute Gasteiger partial charge is 0.477 e. The number of hydrogen-bond donors (Lipinski definition) is 1. The molecule has 0 saturated heterocycles. The van der Waals surface area contributed by atoms with Gasteiger partial charge in [0.05, 0.1) is 12.5 Å². The molecule has 4 nitrogen and oxygen atoms in total. The Morgan fingerprint density at radius 2 is 1.93 bits per heavy atom. The minimum atomic E-state index is -0.980. The molecule has 0 fully saturated rings. The second kappa shape index (κ2) is 4.61. The molecule has 0 spiro atoms. The number of aromatic nitrogens is 2. The molecule has 1 N–H and O–H groups in total. The van der Waals surface area contributed by atoms with Crippen molar-refractivity contribution in [3.63, 3.8) is 0 Å². The van der Waals surface area contributed by atoms with E-state index in [9.17, 15) is 4.79 Å². The smallest absolute Gasteiger partial charge is 0.354 e. The van der Waals surface area contributed by atoms with E-state index in [1.54, 1.807) is 0 Å². The van der Waals surface area contributed by atoms with Gasteiger partial charge in [0.1, 0.15) is 0 Å². The summed E-state index contributed by atoms with van der Waals surface area (Å²) in [5.41, 5.74) is 0.957. The van der Waals surface area contributed by atoms with Gasteiger partial charge in [0.2, 0.25) is 0 Å². The fourth-order valence-electron chi connectivity index (χ4n) is 1.25. The molecule has 15 heavy (non-hydrogen) atoms. The molecule has 0 aliphatic rings. The lowest BCUT2D eigenvalue weighted by atomic mass is 10.3. The van der Waals surface area contributed by atoms with Crippen molar-refractivity contribution in [3.05, 3.63) is 48.5 Å². The van der Waals surface area contributed by atoms with Crippen LogP contribution in [0.5, 0.6) is 0 Å². The van der Waals surface area contributed by atoms with Crippen LogP contribution in [0.3, 0.4) is 0 Å². The van der Waals surface area contributed by atoms with Crippen LogP contribution in [0, 0.1) is 0 Å². The Morgan fingerprint density at radius 1 is 1.27 bits per heavy atom. The number of rotatable bonds is 2. The van der Waals surface area contributed by atoms with Crippen LogP contribution < -0.4 is 0 Å². The van der Waals surface area contributed by atoms with Crippen molar-refractivity contribution in [3.8, 4) is 5.69 Å². The average molecular weight is 225 g/mol. The predicted octanol–water partition coefficient (Wildman–Crippen LogP) is 1.99. The van der Waals surface area contributed by atoms with E-state index >= 15 is 0 Å². The van der Waals surface area contributed by atoms with Gasteiger partial charge in [-0.1, -0.05) is 18.2 Å². The van der Waals surface area contributed by atoms with E-state index in [4.69, 9.17) is 5.11 Å². The van der Waals surface area contributed by atoms with Crippen molar-refractivity contribution in [2.75, 3.05) is 0 Å². The Morgan fingerprint density at radius 3 is 2.53 bits per heavy atom. The summed E-state index contributed by atoms with van der Waals surface area (Å²) < 4.78 is 1.53. The summed E-state index contributed by atoms with van der Waals surface area (Å²) in [7, 11) is 0. The summed E-state index contributed by atoms with van der Waals surface area (Å²) in [5.74, 6) is -0.980. The number of aromatic carboxylic acids is 1. The summed E-state index contributed by atoms with van der Waals surface area (Å²) in [5, 5.41) is 8.86. The first kappa shape index (κ1) is 11.3. The highest BCUT2D eigenvalue weighted by Gasteiger charge is 2.10. The first-order valence-electron chi connectivity index (χ1n) is 4.10. The van der Waals surface area contributed by atoms with Crippen molar-refractivity contribution in [1.82, 2.24) is 9.55 Å². The van der Waals surface area contributed by atoms with Gasteiger partial charge in [0.15, 0.2) is 5.69 Å². The van der Waals surface area contributed by atoms with E-state index in [2.05, 4.69) is 4.98 Å². The van der Waals surface area contributed by atoms with Crippen LogP contribution in [-0.4, -0.2) is 20.6 Å². The molecule has 2 rings (SSSR count). The van der Waals surface area contributed by atoms with Gasteiger partial charge in [-0.2, -0.15) is 0 Å². The summed E-state index contributed by atoms with van der Waals surface area (Å²) in [4.78, 5) is 14.6. The molecule has 0 atom stereocenters. The van der Waals surface area contributed by atoms with Crippen LogP contribution in [0.1, 0.15) is 10.5 Å². The topological polar surface area (TPSA) is 55.1 Å². The predicted molar refractivity (Wildman–Crippen MR) is 57.8 cm³/mol. The van der Waals surface area contributed by atoms with E-state index in [-0.39, 0.29) is 18.1 Å². The molecule has 1 aromatic carbocycles. The van der Waals surface area contributed by atoms with Crippen LogP contribution in [0.15, 0.2) is 42.9 Å². The van der Waals surface area contributed by atoms with Gasteiger partial charge in [-0.25, -0.2) is 9.78 Å². The molecule has 0 unspecified atom stereocenters. The first-order chi connectivity index (χ1) is 6.79. The van der Waals surface area contributed by atoms with E-state index in [1.165, 1.54) is 17.1 Å². The fourth-order valence-corrected chi connectivity index (χ4v) is 1.25. The zero-order valence-corrected chi connectivity index (χ0v) is 8.52. The van der Waals surface area contributed by atoms with E-state index in [1.807, 2.05) is 30.3 Å². The number of carboxylic acid groups (broad SMARTS) is 1. The van der Waals surface area contributed by atoms with Gasteiger partial charge < -0.3 is 5.11 Å². The van der Waals surface area contributed by atoms with E-state index in [0.717, 1.165) is 5.69 Å². The third-order valence-corrected chi connectivity index (χ3v) is 1.89. The highest BCUT2D eigenvalue weighted by molar-refractivity contribution is 5.86. The second-order valence-electron chi connectivity index (χ2n) is 2.79. The number of halogens is 1. The standard InChI is InChI=1S/C10H8N2O2.ClH/c13-10(14)9-6-11-7-12(9)8-4-2-1-3-5-8;/h1-7H,(H,13,14);1H. The summed E-state index contributed by atoms with van der Waals surface area (Å²) in [6, 6.07) is 9.23. The number of carbonyl (C=O) groups is 1. The normalized spacial score (nSPS) is 9.33. The zero-order chi connectivity index (χ0) is 9.97. The third-order valence-electron chi connectivity index (χ3n) is 1.89. The van der Waals surface area contributed by atoms with Crippen molar-refractivity contribution in [1.29, 1.82) is 0 Å². The maximum Gasteiger partial charge on any atom is 0.354 e. The maximum atomic E-state index is 10.8. The third kappa shape index (κ3) is 2.16. The van der Waals surface area contributed by atoms with Crippen LogP contribution in [0.2, 0.25) is 0 Å². The quantitative estimate of drug-likeness (QED) is 0.849. The van der Waals surface area contributed by atoms with Crippen molar-refractivity contribution in [2.45, 2.75) is 0 Å². The second-order valence-corrected chi connectivity index (χ2v) is 2.79. The van der Waals surface area contributed by atoms with E-state index < -0.39 is 5.97 Å². The molecule has 0 radical (unpaired) electrons. The lowest BCUT2D eigenvalue weighted by Crippen LogP contribution is -2.05. The summed E-state index contributed by atoms with van der Waals surface area (Å²) in [6.45, 7) is 0. The lowest BCUT2D eigenvalue weighted by Gasteiger charge is -2.03. The minimum absolute atomic E-state index is 0. The molecule has 5 heteroatoms. The minimum Gasteiger partial charge on any atom is -0.477 e. The lowest BCUT2D eigenvalue weighted by molar-refractivity contribution is 0.0688. The number of carboxylic acids is 1. The van der Waals surface area contributed by atoms with Gasteiger partial charge in [0.25, 0.3) is 0 Å². The summed E-state index contributed by atoms with van der Waals surface area (Å²) >= 11 is 0. The fraction of sp³-hybridized carbons (Fsp3) is 0. The highest BCUT2D eigenvalue weighted by Crippen LogP contribution is 2.10. The molecule has 0 bridgehead atoms. The SMILES string of the molecule is Cl.O=C(O)c1cncn1-c1ccccc1. The number of para-hydroxylation sites is 1. The molecule has 0 aliphatic carbocycles. The van der Waals surface area contributed by atoms with Crippen molar-refractivity contribution in [2.24, 2.45) is 0 Å². The number of hydrogen-bond acceptors (Lipinski definition) is 2. The molecule has 0 amide bonds. The molecule has 1 aromatic heterocycles. The number of benzene rings is 1. The number of imidazole rings is 1. The zero-order valence-electron chi connectivity index (χ0n) is 7.70. The van der Waals surface area contributed by atoms with Gasteiger partial charge in [0, 0.05) is 5.69 Å². The van der Waals surface area contributed by atoms with Gasteiger partial charge in [-0.15, -0.1) is 12.4 Å². The monoisotopic (exact) mass is 224 g/mol. The molecule has 2 aromatic rings. The Hall–Kier alpha value is -1.81. The van der Waals surface area contributed by atoms with Crippen LogP contribution >= 0.6 is 12.4 Å². The summed E-state index contributed by atoms with van der Waals surface area (Å²) in [6.07, 6.45) is 2.81. The Balaban J connectivity index is 0.00000112. The molecule has 0 aliphatic heterocycles. The average Bonchev–Trinajstić information content (AvgIpc) is 2.67.